The number of carboxylic acid groups (broad SMARTS) is 1. The van der Waals surface area contributed by atoms with Gasteiger partial charge in [-0.05, 0) is 49.0 Å². The Labute approximate surface area is 161 Å². The number of fused-ring (bicyclic) bond motifs is 3. The molecular formula is C20H24N2O4S. The maximum Gasteiger partial charge on any atom is 0.307 e. The van der Waals surface area contributed by atoms with E-state index >= 15 is 0 Å². The number of thiophene rings is 1. The molecule has 3 aliphatic carbocycles. The number of primary amides is 1. The van der Waals surface area contributed by atoms with Crippen LogP contribution < -0.4 is 11.1 Å². The fourth-order valence-electron chi connectivity index (χ4n) is 5.06. The highest BCUT2D eigenvalue weighted by molar-refractivity contribution is 7.17. The zero-order chi connectivity index (χ0) is 19.3. The van der Waals surface area contributed by atoms with E-state index in [9.17, 15) is 19.5 Å². The lowest BCUT2D eigenvalue weighted by Gasteiger charge is -2.23. The largest absolute Gasteiger partial charge is 0.481 e. The molecule has 0 aliphatic heterocycles. The molecule has 1 aromatic heterocycles. The van der Waals surface area contributed by atoms with E-state index in [1.807, 2.05) is 12.2 Å². The van der Waals surface area contributed by atoms with Gasteiger partial charge in [0.1, 0.15) is 5.00 Å². The number of nitrogens with one attached hydrogen (secondary N) is 1. The van der Waals surface area contributed by atoms with E-state index in [-0.39, 0.29) is 17.7 Å². The molecule has 3 aliphatic rings. The van der Waals surface area contributed by atoms with Gasteiger partial charge in [-0.2, -0.15) is 0 Å². The van der Waals surface area contributed by atoms with Gasteiger partial charge in [0.25, 0.3) is 5.91 Å². The predicted octanol–water partition coefficient (Wildman–Crippen LogP) is 2.82. The van der Waals surface area contributed by atoms with E-state index < -0.39 is 23.7 Å². The van der Waals surface area contributed by atoms with Crippen LogP contribution in [0, 0.1) is 29.6 Å². The maximum atomic E-state index is 13.0. The van der Waals surface area contributed by atoms with Crippen molar-refractivity contribution in [1.82, 2.24) is 0 Å². The van der Waals surface area contributed by atoms with Gasteiger partial charge in [-0.25, -0.2) is 0 Å². The highest BCUT2D eigenvalue weighted by Gasteiger charge is 2.51. The monoisotopic (exact) mass is 388 g/mol. The predicted molar refractivity (Wildman–Crippen MR) is 103 cm³/mol. The molecule has 4 rings (SSSR count). The fraction of sp³-hybridized carbons (Fsp3) is 0.550. The molecule has 1 fully saturated rings. The zero-order valence-corrected chi connectivity index (χ0v) is 16.1. The highest BCUT2D eigenvalue weighted by atomic mass is 32.1. The quantitative estimate of drug-likeness (QED) is 0.674. The average Bonchev–Trinajstić information content (AvgIpc) is 3.32. The standard InChI is InChI=1S/C20H24N2O4S/c1-2-9-3-6-12-13(7-9)27-19(16(12)17(21)23)22-18(24)14-10-4-5-11(8-10)15(14)20(25)26/h4-5,9-11,14-15H,2-3,6-8H2,1H3,(H2,21,23)(H,22,24)(H,25,26)/t9-,10+,11+,14+,15+/m1/s1. The Morgan fingerprint density at radius 1 is 1.26 bits per heavy atom. The molecule has 0 saturated heterocycles. The third kappa shape index (κ3) is 2.98. The van der Waals surface area contributed by atoms with Gasteiger partial charge in [0.2, 0.25) is 5.91 Å². The Bertz CT molecular complexity index is 843. The summed E-state index contributed by atoms with van der Waals surface area (Å²) < 4.78 is 0. The van der Waals surface area contributed by atoms with Crippen LogP contribution >= 0.6 is 11.3 Å². The van der Waals surface area contributed by atoms with Crippen molar-refractivity contribution >= 4 is 34.1 Å². The van der Waals surface area contributed by atoms with E-state index in [1.54, 1.807) is 0 Å². The summed E-state index contributed by atoms with van der Waals surface area (Å²) in [5, 5.41) is 12.9. The first-order valence-corrected chi connectivity index (χ1v) is 10.4. The van der Waals surface area contributed by atoms with E-state index in [4.69, 9.17) is 5.73 Å². The molecular weight excluding hydrogens is 364 g/mol. The van der Waals surface area contributed by atoms with Crippen LogP contribution in [0.2, 0.25) is 0 Å². The summed E-state index contributed by atoms with van der Waals surface area (Å²) in [5.41, 5.74) is 7.01. The topological polar surface area (TPSA) is 109 Å². The first-order chi connectivity index (χ1) is 12.9. The van der Waals surface area contributed by atoms with Gasteiger partial charge in [-0.3, -0.25) is 14.4 Å². The van der Waals surface area contributed by atoms with Crippen molar-refractivity contribution in [3.05, 3.63) is 28.2 Å². The van der Waals surface area contributed by atoms with Crippen molar-refractivity contribution in [2.75, 3.05) is 5.32 Å². The van der Waals surface area contributed by atoms with E-state index in [0.717, 1.165) is 36.1 Å². The molecule has 2 amide bonds. The molecule has 7 heteroatoms. The van der Waals surface area contributed by atoms with Gasteiger partial charge in [0, 0.05) is 4.88 Å². The number of hydrogen-bond donors (Lipinski definition) is 3. The molecule has 6 nitrogen and oxygen atoms in total. The molecule has 1 saturated carbocycles. The number of anilines is 1. The average molecular weight is 388 g/mol. The number of aliphatic carboxylic acids is 1. The lowest BCUT2D eigenvalue weighted by molar-refractivity contribution is -0.146. The van der Waals surface area contributed by atoms with E-state index in [0.29, 0.717) is 22.9 Å². The first kappa shape index (κ1) is 18.2. The molecule has 4 N–H and O–H groups in total. The maximum absolute atomic E-state index is 13.0. The molecule has 1 aromatic rings. The van der Waals surface area contributed by atoms with Crippen LogP contribution in [0.5, 0.6) is 0 Å². The van der Waals surface area contributed by atoms with Gasteiger partial charge in [-0.15, -0.1) is 11.3 Å². The summed E-state index contributed by atoms with van der Waals surface area (Å²) in [5.74, 6) is -2.61. The van der Waals surface area contributed by atoms with Crippen molar-refractivity contribution in [3.63, 3.8) is 0 Å². The Kier molecular flexibility index (Phi) is 4.58. The fourth-order valence-corrected chi connectivity index (χ4v) is 6.43. The molecule has 144 valence electrons. The van der Waals surface area contributed by atoms with Crippen molar-refractivity contribution < 1.29 is 19.5 Å². The summed E-state index contributed by atoms with van der Waals surface area (Å²) in [6.45, 7) is 2.16. The minimum atomic E-state index is -0.932. The number of rotatable bonds is 5. The highest BCUT2D eigenvalue weighted by Crippen LogP contribution is 2.49. The summed E-state index contributed by atoms with van der Waals surface area (Å²) in [4.78, 5) is 37.9. The number of carbonyl (C=O) groups excluding carboxylic acids is 2. The van der Waals surface area contributed by atoms with Crippen LogP contribution in [-0.4, -0.2) is 22.9 Å². The van der Waals surface area contributed by atoms with Crippen LogP contribution in [-0.2, 0) is 22.4 Å². The van der Waals surface area contributed by atoms with Gasteiger partial charge in [-0.1, -0.05) is 25.5 Å². The molecule has 2 bridgehead atoms. The zero-order valence-electron chi connectivity index (χ0n) is 15.2. The smallest absolute Gasteiger partial charge is 0.307 e. The third-order valence-electron chi connectivity index (χ3n) is 6.47. The Balaban J connectivity index is 1.62. The first-order valence-electron chi connectivity index (χ1n) is 9.57. The second-order valence-corrected chi connectivity index (χ2v) is 9.02. The lowest BCUT2D eigenvalue weighted by atomic mass is 9.82. The normalized spacial score (nSPS) is 30.9. The molecule has 0 spiro atoms. The number of hydrogen-bond acceptors (Lipinski definition) is 4. The van der Waals surface area contributed by atoms with Crippen LogP contribution in [0.3, 0.4) is 0 Å². The summed E-state index contributed by atoms with van der Waals surface area (Å²) in [7, 11) is 0. The van der Waals surface area contributed by atoms with Crippen molar-refractivity contribution in [2.45, 2.75) is 39.0 Å². The van der Waals surface area contributed by atoms with Gasteiger partial charge < -0.3 is 16.2 Å². The van der Waals surface area contributed by atoms with Crippen molar-refractivity contribution in [3.8, 4) is 0 Å². The van der Waals surface area contributed by atoms with Crippen molar-refractivity contribution in [1.29, 1.82) is 0 Å². The van der Waals surface area contributed by atoms with Crippen LogP contribution in [0.15, 0.2) is 12.2 Å². The van der Waals surface area contributed by atoms with E-state index in [1.165, 1.54) is 11.3 Å². The number of allylic oxidation sites excluding steroid dienone is 2. The van der Waals surface area contributed by atoms with E-state index in [2.05, 4.69) is 12.2 Å². The molecule has 0 unspecified atom stereocenters. The van der Waals surface area contributed by atoms with Gasteiger partial charge in [0.05, 0.1) is 17.4 Å². The van der Waals surface area contributed by atoms with Crippen LogP contribution in [0.25, 0.3) is 0 Å². The number of amides is 2. The Morgan fingerprint density at radius 2 is 1.96 bits per heavy atom. The number of carboxylic acids is 1. The van der Waals surface area contributed by atoms with Crippen LogP contribution in [0.4, 0.5) is 5.00 Å². The Morgan fingerprint density at radius 3 is 2.59 bits per heavy atom. The Hall–Kier alpha value is -2.15. The molecule has 1 heterocycles. The second-order valence-electron chi connectivity index (χ2n) is 7.92. The summed E-state index contributed by atoms with van der Waals surface area (Å²) >= 11 is 1.43. The second kappa shape index (κ2) is 6.78. The lowest BCUT2D eigenvalue weighted by Crippen LogP contribution is -2.36. The summed E-state index contributed by atoms with van der Waals surface area (Å²) in [6.07, 6.45) is 8.38. The molecule has 5 atom stereocenters. The van der Waals surface area contributed by atoms with Gasteiger partial charge >= 0.3 is 5.97 Å². The molecule has 27 heavy (non-hydrogen) atoms. The SMILES string of the molecule is CC[C@@H]1CCc2c(sc(NC(=O)[C@@H]3[C@@H](C(=O)O)[C@H]4C=C[C@H]3C4)c2C(N)=O)C1. The van der Waals surface area contributed by atoms with Crippen LogP contribution in [0.1, 0.15) is 47.0 Å². The number of carbonyl (C=O) groups is 3. The summed E-state index contributed by atoms with van der Waals surface area (Å²) in [6, 6.07) is 0. The van der Waals surface area contributed by atoms with Gasteiger partial charge in [0.15, 0.2) is 0 Å². The minimum absolute atomic E-state index is 0.0489. The van der Waals surface area contributed by atoms with Crippen molar-refractivity contribution in [2.24, 2.45) is 35.3 Å². The number of nitrogens with two attached hydrogens (primary N) is 1. The minimum Gasteiger partial charge on any atom is -0.481 e. The molecule has 0 aromatic carbocycles. The molecule has 0 radical (unpaired) electrons. The third-order valence-corrected chi connectivity index (χ3v) is 7.64.